The first kappa shape index (κ1) is 17.9. The number of para-hydroxylation sites is 1. The zero-order valence-electron chi connectivity index (χ0n) is 13.7. The number of thioether (sulfide) groups is 1. The molecule has 1 aromatic rings. The van der Waals surface area contributed by atoms with Crippen LogP contribution in [0.15, 0.2) is 42.1 Å². The third kappa shape index (κ3) is 3.53. The third-order valence-corrected chi connectivity index (χ3v) is 5.18. The van der Waals surface area contributed by atoms with Gasteiger partial charge >= 0.3 is 0 Å². The van der Waals surface area contributed by atoms with Gasteiger partial charge in [0.15, 0.2) is 5.54 Å². The van der Waals surface area contributed by atoms with Crippen molar-refractivity contribution in [2.45, 2.75) is 38.6 Å². The van der Waals surface area contributed by atoms with E-state index in [0.29, 0.717) is 0 Å². The van der Waals surface area contributed by atoms with Crippen molar-refractivity contribution in [3.05, 3.63) is 42.1 Å². The molecule has 0 N–H and O–H groups in total. The fourth-order valence-corrected chi connectivity index (χ4v) is 4.28. The molecule has 0 aromatic heterocycles. The van der Waals surface area contributed by atoms with Crippen LogP contribution in [-0.4, -0.2) is 39.4 Å². The van der Waals surface area contributed by atoms with Crippen molar-refractivity contribution >= 4 is 22.5 Å². The first-order valence-corrected chi connectivity index (χ1v) is 9.06. The standard InChI is InChI=1S/C18H25N2S.HI/c1-18(2)14-16(19-11-7-8-12-19)13-17(21-3)20(18)15-9-5-4-6-10-15;/h4-6,9-10,13H,7-8,11-12,14H2,1-3H3;1H/q+1;/p-1. The van der Waals surface area contributed by atoms with E-state index in [-0.39, 0.29) is 29.5 Å². The minimum absolute atomic E-state index is 0. The van der Waals surface area contributed by atoms with Crippen molar-refractivity contribution in [1.82, 2.24) is 4.90 Å². The Morgan fingerprint density at radius 3 is 2.32 bits per heavy atom. The molecule has 0 atom stereocenters. The Labute approximate surface area is 155 Å². The summed E-state index contributed by atoms with van der Waals surface area (Å²) >= 11 is 1.85. The van der Waals surface area contributed by atoms with Crippen LogP contribution in [0.2, 0.25) is 0 Å². The number of benzene rings is 1. The molecule has 0 saturated carbocycles. The average molecular weight is 428 g/mol. The summed E-state index contributed by atoms with van der Waals surface area (Å²) < 4.78 is 2.50. The van der Waals surface area contributed by atoms with Crippen LogP contribution >= 0.6 is 11.8 Å². The molecule has 4 heteroatoms. The predicted molar refractivity (Wildman–Crippen MR) is 92.5 cm³/mol. The Balaban J connectivity index is 0.00000176. The second-order valence-electron chi connectivity index (χ2n) is 6.53. The molecule has 2 heterocycles. The second kappa shape index (κ2) is 7.39. The first-order chi connectivity index (χ1) is 10.1. The number of hydrogen-bond donors (Lipinski definition) is 0. The van der Waals surface area contributed by atoms with Gasteiger partial charge in [-0.1, -0.05) is 30.0 Å². The first-order valence-electron chi connectivity index (χ1n) is 7.83. The summed E-state index contributed by atoms with van der Waals surface area (Å²) in [6.45, 7) is 7.18. The van der Waals surface area contributed by atoms with Crippen molar-refractivity contribution in [1.29, 1.82) is 0 Å². The van der Waals surface area contributed by atoms with Gasteiger partial charge in [0.1, 0.15) is 0 Å². The summed E-state index contributed by atoms with van der Waals surface area (Å²) in [5.41, 5.74) is 2.93. The van der Waals surface area contributed by atoms with E-state index < -0.39 is 0 Å². The smallest absolute Gasteiger partial charge is 0.242 e. The van der Waals surface area contributed by atoms with Crippen molar-refractivity contribution in [2.24, 2.45) is 0 Å². The molecule has 2 aliphatic heterocycles. The van der Waals surface area contributed by atoms with Crippen molar-refractivity contribution in [3.8, 4) is 0 Å². The van der Waals surface area contributed by atoms with Gasteiger partial charge in [0, 0.05) is 50.8 Å². The summed E-state index contributed by atoms with van der Waals surface area (Å²) in [5.74, 6) is 0. The van der Waals surface area contributed by atoms with Crippen LogP contribution in [0.5, 0.6) is 0 Å². The molecule has 0 bridgehead atoms. The van der Waals surface area contributed by atoms with E-state index >= 15 is 0 Å². The molecule has 120 valence electrons. The van der Waals surface area contributed by atoms with Gasteiger partial charge in [0.05, 0.1) is 6.42 Å². The largest absolute Gasteiger partial charge is 1.00 e. The van der Waals surface area contributed by atoms with E-state index in [9.17, 15) is 0 Å². The molecule has 2 aliphatic rings. The van der Waals surface area contributed by atoms with Gasteiger partial charge in [-0.2, -0.15) is 4.58 Å². The summed E-state index contributed by atoms with van der Waals surface area (Å²) in [6, 6.07) is 10.8. The third-order valence-electron chi connectivity index (χ3n) is 4.47. The van der Waals surface area contributed by atoms with Crippen LogP contribution in [-0.2, 0) is 0 Å². The van der Waals surface area contributed by atoms with E-state index in [2.05, 4.69) is 66.0 Å². The van der Waals surface area contributed by atoms with E-state index in [1.54, 1.807) is 0 Å². The molecule has 1 saturated heterocycles. The summed E-state index contributed by atoms with van der Waals surface area (Å²) in [6.07, 6.45) is 8.40. The summed E-state index contributed by atoms with van der Waals surface area (Å²) in [7, 11) is 0. The maximum Gasteiger partial charge on any atom is 0.242 e. The van der Waals surface area contributed by atoms with Crippen LogP contribution in [0, 0.1) is 0 Å². The number of hydrogen-bond acceptors (Lipinski definition) is 2. The molecule has 22 heavy (non-hydrogen) atoms. The molecule has 0 radical (unpaired) electrons. The maximum absolute atomic E-state index is 2.58. The molecule has 0 amide bonds. The Hall–Kier alpha value is -0.490. The van der Waals surface area contributed by atoms with Gasteiger partial charge in [-0.05, 0) is 19.1 Å². The average Bonchev–Trinajstić information content (AvgIpc) is 3.00. The van der Waals surface area contributed by atoms with Crippen LogP contribution in [0.3, 0.4) is 0 Å². The molecule has 1 fully saturated rings. The van der Waals surface area contributed by atoms with Gasteiger partial charge in [0.2, 0.25) is 10.7 Å². The lowest BCUT2D eigenvalue weighted by Crippen LogP contribution is -3.00. The zero-order valence-corrected chi connectivity index (χ0v) is 16.7. The highest BCUT2D eigenvalue weighted by molar-refractivity contribution is 8.13. The van der Waals surface area contributed by atoms with Crippen LogP contribution < -0.4 is 24.0 Å². The minimum Gasteiger partial charge on any atom is -1.00 e. The second-order valence-corrected chi connectivity index (χ2v) is 7.36. The zero-order chi connectivity index (χ0) is 14.9. The monoisotopic (exact) mass is 428 g/mol. The van der Waals surface area contributed by atoms with Gasteiger partial charge in [-0.25, -0.2) is 0 Å². The van der Waals surface area contributed by atoms with Gasteiger partial charge in [-0.3, -0.25) is 0 Å². The van der Waals surface area contributed by atoms with Gasteiger partial charge in [0.25, 0.3) is 0 Å². The SMILES string of the molecule is CSC1=[N+](c2ccccc2)C(C)(C)CC(N2CCCC2)=C1.[I-]. The van der Waals surface area contributed by atoms with Crippen LogP contribution in [0.25, 0.3) is 0 Å². The Morgan fingerprint density at radius 2 is 1.73 bits per heavy atom. The molecular formula is C18H25IN2S. The normalized spacial score (nSPS) is 20.7. The molecule has 0 unspecified atom stereocenters. The molecule has 3 rings (SSSR count). The Morgan fingerprint density at radius 1 is 1.09 bits per heavy atom. The van der Waals surface area contributed by atoms with Crippen molar-refractivity contribution in [3.63, 3.8) is 0 Å². The maximum atomic E-state index is 2.58. The Bertz CT molecular complexity index is 572. The van der Waals surface area contributed by atoms with E-state index in [1.807, 2.05) is 11.8 Å². The van der Waals surface area contributed by atoms with E-state index in [0.717, 1.165) is 6.42 Å². The Kier molecular flexibility index (Phi) is 6.00. The van der Waals surface area contributed by atoms with Crippen molar-refractivity contribution in [2.75, 3.05) is 19.3 Å². The lowest BCUT2D eigenvalue weighted by Gasteiger charge is -2.32. The van der Waals surface area contributed by atoms with E-state index in [1.165, 1.54) is 42.4 Å². The van der Waals surface area contributed by atoms with Gasteiger partial charge in [-0.15, -0.1) is 0 Å². The summed E-state index contributed by atoms with van der Waals surface area (Å²) in [5, 5.41) is 1.36. The van der Waals surface area contributed by atoms with Crippen LogP contribution in [0.4, 0.5) is 5.69 Å². The quantitative estimate of drug-likeness (QED) is 0.517. The molecular weight excluding hydrogens is 403 g/mol. The van der Waals surface area contributed by atoms with Crippen LogP contribution in [0.1, 0.15) is 33.1 Å². The fourth-order valence-electron chi connectivity index (χ4n) is 3.49. The summed E-state index contributed by atoms with van der Waals surface area (Å²) in [4.78, 5) is 2.58. The minimum atomic E-state index is 0. The number of rotatable bonds is 2. The number of nitrogens with zero attached hydrogens (tertiary/aromatic N) is 2. The number of likely N-dealkylation sites (tertiary alicyclic amines) is 1. The van der Waals surface area contributed by atoms with Crippen molar-refractivity contribution < 1.29 is 28.6 Å². The molecule has 2 nitrogen and oxygen atoms in total. The highest BCUT2D eigenvalue weighted by Gasteiger charge is 2.40. The fraction of sp³-hybridized carbons (Fsp3) is 0.500. The lowest BCUT2D eigenvalue weighted by molar-refractivity contribution is -0.523. The number of halogens is 1. The predicted octanol–water partition coefficient (Wildman–Crippen LogP) is 1.26. The highest BCUT2D eigenvalue weighted by atomic mass is 127. The lowest BCUT2D eigenvalue weighted by atomic mass is 9.93. The highest BCUT2D eigenvalue weighted by Crippen LogP contribution is 2.35. The molecule has 0 spiro atoms. The molecule has 1 aromatic carbocycles. The van der Waals surface area contributed by atoms with E-state index in [4.69, 9.17) is 0 Å². The topological polar surface area (TPSA) is 6.25 Å². The van der Waals surface area contributed by atoms with Gasteiger partial charge < -0.3 is 28.9 Å². The molecule has 0 aliphatic carbocycles.